The van der Waals surface area contributed by atoms with Gasteiger partial charge in [-0.2, -0.15) is 9.97 Å². The molecule has 0 saturated carbocycles. The van der Waals surface area contributed by atoms with E-state index in [1.54, 1.807) is 51.1 Å². The number of para-hydroxylation sites is 1. The summed E-state index contributed by atoms with van der Waals surface area (Å²) in [6, 6.07) is 7.23. The topological polar surface area (TPSA) is 165 Å². The lowest BCUT2D eigenvalue weighted by molar-refractivity contribution is -0.202. The maximum atomic E-state index is 16.1. The molecule has 1 saturated heterocycles. The van der Waals surface area contributed by atoms with Gasteiger partial charge in [0, 0.05) is 0 Å². The largest absolute Gasteiger partial charge is 0.476 e. The van der Waals surface area contributed by atoms with E-state index in [1.165, 1.54) is 6.92 Å². The molecular formula is C24H31F2N6O7PS. The third-order valence-corrected chi connectivity index (χ3v) is 8.23. The van der Waals surface area contributed by atoms with Gasteiger partial charge in [0.1, 0.15) is 18.4 Å². The molecule has 1 fully saturated rings. The molecule has 17 heteroatoms. The molecule has 1 aliphatic rings. The second-order valence-electron chi connectivity index (χ2n) is 9.34. The third-order valence-electron chi connectivity index (χ3n) is 5.75. The fourth-order valence-corrected chi connectivity index (χ4v) is 6.29. The summed E-state index contributed by atoms with van der Waals surface area (Å²) in [6.45, 7) is 2.01. The summed E-state index contributed by atoms with van der Waals surface area (Å²) < 4.78 is 60.0. The molecule has 1 aliphatic heterocycles. The number of nitrogen functional groups attached to an aromatic ring is 1. The number of alkyl halides is 2. The van der Waals surface area contributed by atoms with Crippen molar-refractivity contribution in [2.45, 2.75) is 64.2 Å². The van der Waals surface area contributed by atoms with E-state index >= 15 is 8.78 Å². The van der Waals surface area contributed by atoms with Crippen LogP contribution in [0, 0.1) is 0 Å². The van der Waals surface area contributed by atoms with Crippen LogP contribution in [0.2, 0.25) is 0 Å². The number of imidazole rings is 1. The van der Waals surface area contributed by atoms with Crippen LogP contribution in [0.5, 0.6) is 11.6 Å². The Labute approximate surface area is 239 Å². The quantitative estimate of drug-likeness (QED) is 0.201. The summed E-state index contributed by atoms with van der Waals surface area (Å²) in [7, 11) is 0. The molecule has 0 radical (unpaired) electrons. The normalized spacial score (nSPS) is 24.7. The minimum absolute atomic E-state index is 0.00246. The first-order valence-electron chi connectivity index (χ1n) is 12.6. The van der Waals surface area contributed by atoms with Crippen LogP contribution < -0.4 is 20.1 Å². The molecule has 1 aromatic carbocycles. The van der Waals surface area contributed by atoms with E-state index in [9.17, 15) is 9.90 Å². The van der Waals surface area contributed by atoms with Crippen LogP contribution in [0.3, 0.4) is 0 Å². The molecule has 0 aliphatic carbocycles. The number of hydrogen-bond donors (Lipinski definition) is 3. The SMILES string of the molecule is CCOc1nc(N)nc2c1ncn2[C@@H]1O[C@](F)(COP(=S)(N[C@H](C)C(=O)OC(C)C)Oc2ccccc2)[C@@H](O)[C@@H]1F. The Morgan fingerprint density at radius 3 is 2.68 bits per heavy atom. The van der Waals surface area contributed by atoms with Gasteiger partial charge in [0.2, 0.25) is 11.8 Å². The van der Waals surface area contributed by atoms with Crippen LogP contribution in [0.25, 0.3) is 11.2 Å². The van der Waals surface area contributed by atoms with Gasteiger partial charge in [-0.1, -0.05) is 18.2 Å². The minimum Gasteiger partial charge on any atom is -0.476 e. The van der Waals surface area contributed by atoms with E-state index < -0.39 is 55.7 Å². The van der Waals surface area contributed by atoms with Crippen LogP contribution in [0.4, 0.5) is 14.7 Å². The van der Waals surface area contributed by atoms with Crippen molar-refractivity contribution < 1.29 is 41.9 Å². The molecule has 0 amide bonds. The Hall–Kier alpha value is -3.01. The number of anilines is 1. The number of aromatic nitrogens is 4. The molecule has 4 N–H and O–H groups in total. The van der Waals surface area contributed by atoms with Gasteiger partial charge in [-0.15, -0.1) is 0 Å². The Bertz CT molecular complexity index is 1420. The summed E-state index contributed by atoms with van der Waals surface area (Å²) in [5, 5.41) is 13.3. The van der Waals surface area contributed by atoms with E-state index in [2.05, 4.69) is 20.0 Å². The summed E-state index contributed by atoms with van der Waals surface area (Å²) in [4.78, 5) is 24.6. The monoisotopic (exact) mass is 616 g/mol. The van der Waals surface area contributed by atoms with E-state index in [-0.39, 0.29) is 35.3 Å². The standard InChI is InChI=1S/C24H31F2N6O7PS/c1-5-35-20-17-19(29-23(27)30-20)32(12-28-17)21-16(25)18(33)24(26,38-21)11-36-40(41,39-15-9-7-6-8-10-15)31-14(4)22(34)37-13(2)3/h6-10,12-14,16,18,21,33H,5,11H2,1-4H3,(H,31,41)(H2,27,29,30)/t14-,16+,18+,21-,24-,40?/m1/s1. The van der Waals surface area contributed by atoms with Gasteiger partial charge in [-0.3, -0.25) is 9.36 Å². The van der Waals surface area contributed by atoms with Gasteiger partial charge < -0.3 is 34.1 Å². The van der Waals surface area contributed by atoms with E-state index in [0.717, 1.165) is 10.9 Å². The van der Waals surface area contributed by atoms with Gasteiger partial charge in [-0.05, 0) is 51.6 Å². The van der Waals surface area contributed by atoms with Gasteiger partial charge in [0.05, 0.1) is 19.0 Å². The number of esters is 1. The molecule has 3 aromatic rings. The number of ether oxygens (including phenoxy) is 3. The Morgan fingerprint density at radius 2 is 2.02 bits per heavy atom. The fourth-order valence-electron chi connectivity index (χ4n) is 3.90. The van der Waals surface area contributed by atoms with E-state index in [0.29, 0.717) is 0 Å². The van der Waals surface area contributed by atoms with Crippen LogP contribution >= 0.6 is 6.64 Å². The van der Waals surface area contributed by atoms with Gasteiger partial charge >= 0.3 is 12.6 Å². The van der Waals surface area contributed by atoms with Crippen LogP contribution in [-0.2, 0) is 30.6 Å². The lowest BCUT2D eigenvalue weighted by Crippen LogP contribution is -2.43. The van der Waals surface area contributed by atoms with Gasteiger partial charge in [0.15, 0.2) is 29.7 Å². The first-order chi connectivity index (χ1) is 19.4. The molecule has 13 nitrogen and oxygen atoms in total. The van der Waals surface area contributed by atoms with Crippen molar-refractivity contribution in [1.82, 2.24) is 24.6 Å². The number of nitrogens with zero attached hydrogens (tertiary/aromatic N) is 4. The highest BCUT2D eigenvalue weighted by atomic mass is 32.5. The predicted molar refractivity (Wildman–Crippen MR) is 147 cm³/mol. The summed E-state index contributed by atoms with van der Waals surface area (Å²) in [5.41, 5.74) is 5.90. The number of rotatable bonds is 12. The van der Waals surface area contributed by atoms with Crippen LogP contribution in [-0.4, -0.2) is 74.1 Å². The lowest BCUT2D eigenvalue weighted by Gasteiger charge is -2.30. The molecule has 3 heterocycles. The maximum Gasteiger partial charge on any atom is 0.323 e. The van der Waals surface area contributed by atoms with Crippen molar-refractivity contribution in [3.8, 4) is 11.6 Å². The number of hydrogen-bond acceptors (Lipinski definition) is 12. The van der Waals surface area contributed by atoms with Gasteiger partial charge in [0.25, 0.3) is 5.85 Å². The third kappa shape index (κ3) is 6.90. The minimum atomic E-state index is -3.72. The number of nitrogens with one attached hydrogen (secondary N) is 1. The average molecular weight is 617 g/mol. The number of halogens is 2. The molecule has 2 aromatic heterocycles. The zero-order valence-corrected chi connectivity index (χ0v) is 24.4. The zero-order valence-electron chi connectivity index (χ0n) is 22.6. The van der Waals surface area contributed by atoms with Crippen LogP contribution in [0.1, 0.15) is 33.9 Å². The second kappa shape index (κ2) is 12.5. The lowest BCUT2D eigenvalue weighted by atomic mass is 10.1. The molecule has 0 spiro atoms. The summed E-state index contributed by atoms with van der Waals surface area (Å²) in [6.07, 6.45) is -5.56. The molecule has 1 unspecified atom stereocenters. The van der Waals surface area contributed by atoms with Gasteiger partial charge in [-0.25, -0.2) is 18.9 Å². The molecule has 41 heavy (non-hydrogen) atoms. The Balaban J connectivity index is 1.57. The van der Waals surface area contributed by atoms with E-state index in [1.807, 2.05) is 0 Å². The van der Waals surface area contributed by atoms with Crippen LogP contribution in [0.15, 0.2) is 36.7 Å². The highest BCUT2D eigenvalue weighted by Crippen LogP contribution is 2.49. The first-order valence-corrected chi connectivity index (χ1v) is 15.3. The highest BCUT2D eigenvalue weighted by molar-refractivity contribution is 8.09. The number of carbonyl (C=O) groups is 1. The van der Waals surface area contributed by atoms with Crippen molar-refractivity contribution in [3.05, 3.63) is 36.7 Å². The zero-order chi connectivity index (χ0) is 29.9. The molecular weight excluding hydrogens is 585 g/mol. The number of benzene rings is 1. The molecule has 4 rings (SSSR count). The number of aliphatic hydroxyl groups is 1. The van der Waals surface area contributed by atoms with Crippen molar-refractivity contribution in [3.63, 3.8) is 0 Å². The van der Waals surface area contributed by atoms with E-state index in [4.69, 9.17) is 40.8 Å². The number of nitrogens with two attached hydrogens (primary N) is 1. The Morgan fingerprint density at radius 1 is 1.32 bits per heavy atom. The summed E-state index contributed by atoms with van der Waals surface area (Å²) >= 11 is 5.56. The first kappa shape index (κ1) is 30.9. The average Bonchev–Trinajstić information content (AvgIpc) is 3.42. The number of aliphatic hydroxyl groups excluding tert-OH is 1. The van der Waals surface area contributed by atoms with Crippen molar-refractivity contribution >= 4 is 41.5 Å². The maximum absolute atomic E-state index is 16.1. The van der Waals surface area contributed by atoms with Crippen molar-refractivity contribution in [2.24, 2.45) is 0 Å². The van der Waals surface area contributed by atoms with Crippen molar-refractivity contribution in [1.29, 1.82) is 0 Å². The smallest absolute Gasteiger partial charge is 0.323 e. The number of fused-ring (bicyclic) bond motifs is 1. The fraction of sp³-hybridized carbons (Fsp3) is 0.500. The summed E-state index contributed by atoms with van der Waals surface area (Å²) in [5.74, 6) is -3.61. The van der Waals surface area contributed by atoms with Crippen molar-refractivity contribution in [2.75, 3.05) is 18.9 Å². The molecule has 0 bridgehead atoms. The second-order valence-corrected chi connectivity index (χ2v) is 12.5. The predicted octanol–water partition coefficient (Wildman–Crippen LogP) is 2.95. The number of carbonyl (C=O) groups excluding carboxylic acids is 1. The highest BCUT2D eigenvalue weighted by Gasteiger charge is 2.58. The molecule has 6 atom stereocenters. The molecule has 224 valence electrons. The Kier molecular flexibility index (Phi) is 9.41.